The van der Waals surface area contributed by atoms with Gasteiger partial charge in [-0.1, -0.05) is 104 Å². The Labute approximate surface area is 270 Å². The molecule has 0 saturated heterocycles. The SMILES string of the molecule is CC1(C)c2ccccc2-c2ccc(Nc3c(Cl)ccc4oc5ccccc5c34)cc21.Nc1c(Cl)ccc2oc3ccccc3c12. The predicted octanol–water partition coefficient (Wildman–Crippen LogP) is 12.1. The van der Waals surface area contributed by atoms with Crippen molar-refractivity contribution in [2.45, 2.75) is 19.3 Å². The van der Waals surface area contributed by atoms with Crippen LogP contribution in [0.3, 0.4) is 0 Å². The molecule has 0 aliphatic heterocycles. The molecule has 0 amide bonds. The number of nitrogens with one attached hydrogen (secondary N) is 1. The summed E-state index contributed by atoms with van der Waals surface area (Å²) >= 11 is 12.6. The van der Waals surface area contributed by atoms with Crippen molar-refractivity contribution in [3.8, 4) is 11.1 Å². The molecule has 4 nitrogen and oxygen atoms in total. The van der Waals surface area contributed by atoms with Gasteiger partial charge in [-0.2, -0.15) is 0 Å². The van der Waals surface area contributed by atoms with Crippen LogP contribution in [0.1, 0.15) is 25.0 Å². The Bertz CT molecular complexity index is 2440. The fourth-order valence-electron chi connectivity index (χ4n) is 6.66. The molecule has 0 atom stereocenters. The van der Waals surface area contributed by atoms with Crippen LogP contribution in [0, 0.1) is 0 Å². The lowest BCUT2D eigenvalue weighted by atomic mass is 9.82. The van der Waals surface area contributed by atoms with Gasteiger partial charge in [0, 0.05) is 21.9 Å². The lowest BCUT2D eigenvalue weighted by molar-refractivity contribution is 0.660. The van der Waals surface area contributed by atoms with E-state index in [-0.39, 0.29) is 5.41 Å². The summed E-state index contributed by atoms with van der Waals surface area (Å²) in [6.45, 7) is 4.58. The van der Waals surface area contributed by atoms with Gasteiger partial charge in [0.1, 0.15) is 22.3 Å². The average Bonchev–Trinajstić information content (AvgIpc) is 3.69. The van der Waals surface area contributed by atoms with E-state index >= 15 is 0 Å². The molecule has 220 valence electrons. The first-order chi connectivity index (χ1) is 21.8. The van der Waals surface area contributed by atoms with Crippen molar-refractivity contribution >= 4 is 84.1 Å². The number of nitrogen functional groups attached to an aromatic ring is 1. The number of hydrogen-bond donors (Lipinski definition) is 2. The lowest BCUT2D eigenvalue weighted by Gasteiger charge is -2.22. The zero-order chi connectivity index (χ0) is 30.9. The fraction of sp³-hybridized carbons (Fsp3) is 0.0769. The first kappa shape index (κ1) is 27.6. The van der Waals surface area contributed by atoms with E-state index in [2.05, 4.69) is 67.7 Å². The van der Waals surface area contributed by atoms with Crippen LogP contribution in [0.5, 0.6) is 0 Å². The highest BCUT2D eigenvalue weighted by Gasteiger charge is 2.35. The molecule has 0 radical (unpaired) electrons. The van der Waals surface area contributed by atoms with E-state index in [1.165, 1.54) is 22.3 Å². The summed E-state index contributed by atoms with van der Waals surface area (Å²) in [6, 6.07) is 38.6. The van der Waals surface area contributed by atoms with E-state index < -0.39 is 0 Å². The molecular formula is C39H28Cl2N2O2. The number of fused-ring (bicyclic) bond motifs is 9. The Morgan fingerprint density at radius 3 is 1.89 bits per heavy atom. The molecule has 3 N–H and O–H groups in total. The van der Waals surface area contributed by atoms with E-state index in [0.29, 0.717) is 15.7 Å². The minimum absolute atomic E-state index is 0.0399. The van der Waals surface area contributed by atoms with Crippen molar-refractivity contribution in [1.29, 1.82) is 0 Å². The lowest BCUT2D eigenvalue weighted by Crippen LogP contribution is -2.15. The number of hydrogen-bond acceptors (Lipinski definition) is 4. The second kappa shape index (κ2) is 10.3. The summed E-state index contributed by atoms with van der Waals surface area (Å²) in [7, 11) is 0. The zero-order valence-electron chi connectivity index (χ0n) is 24.6. The molecule has 6 heteroatoms. The van der Waals surface area contributed by atoms with Crippen LogP contribution in [-0.4, -0.2) is 0 Å². The molecule has 0 bridgehead atoms. The average molecular weight is 628 g/mol. The monoisotopic (exact) mass is 626 g/mol. The van der Waals surface area contributed by atoms with E-state index in [1.54, 1.807) is 6.07 Å². The maximum Gasteiger partial charge on any atom is 0.137 e. The van der Waals surface area contributed by atoms with Gasteiger partial charge in [-0.15, -0.1) is 0 Å². The van der Waals surface area contributed by atoms with Gasteiger partial charge in [0.05, 0.1) is 32.2 Å². The molecule has 8 aromatic rings. The molecule has 0 spiro atoms. The van der Waals surface area contributed by atoms with Crippen LogP contribution in [0.15, 0.2) is 124 Å². The molecule has 6 aromatic carbocycles. The summed E-state index contributed by atoms with van der Waals surface area (Å²) in [5, 5.41) is 8.82. The van der Waals surface area contributed by atoms with E-state index in [9.17, 15) is 0 Å². The van der Waals surface area contributed by atoms with Crippen LogP contribution in [-0.2, 0) is 5.41 Å². The Kier molecular flexibility index (Phi) is 6.35. The second-order valence-electron chi connectivity index (χ2n) is 11.9. The number of halogens is 2. The quantitative estimate of drug-likeness (QED) is 0.187. The molecule has 45 heavy (non-hydrogen) atoms. The summed E-state index contributed by atoms with van der Waals surface area (Å²) < 4.78 is 11.7. The van der Waals surface area contributed by atoms with Crippen LogP contribution < -0.4 is 11.1 Å². The minimum Gasteiger partial charge on any atom is -0.456 e. The van der Waals surface area contributed by atoms with Gasteiger partial charge in [-0.05, 0) is 70.8 Å². The topological polar surface area (TPSA) is 64.3 Å². The molecule has 0 unspecified atom stereocenters. The standard InChI is InChI=1S/C27H20ClNO.C12H8ClNO/c1-27(2)20-9-5-3-7-17(20)18-12-11-16(15-21(18)27)29-26-22(28)13-14-24-25(26)19-8-4-6-10-23(19)30-24;13-8-5-6-10-11(12(8)14)7-3-1-2-4-9(7)15-10/h3-15,29H,1-2H3;1-6H,14H2. The fourth-order valence-corrected chi connectivity index (χ4v) is 7.02. The van der Waals surface area contributed by atoms with E-state index in [0.717, 1.165) is 55.3 Å². The number of nitrogens with two attached hydrogens (primary N) is 1. The van der Waals surface area contributed by atoms with E-state index in [1.807, 2.05) is 60.7 Å². The largest absolute Gasteiger partial charge is 0.456 e. The van der Waals surface area contributed by atoms with Crippen LogP contribution in [0.4, 0.5) is 17.1 Å². The van der Waals surface area contributed by atoms with Crippen molar-refractivity contribution in [3.63, 3.8) is 0 Å². The van der Waals surface area contributed by atoms with Crippen molar-refractivity contribution in [2.24, 2.45) is 0 Å². The van der Waals surface area contributed by atoms with Crippen molar-refractivity contribution < 1.29 is 8.83 Å². The van der Waals surface area contributed by atoms with Gasteiger partial charge in [-0.25, -0.2) is 0 Å². The van der Waals surface area contributed by atoms with Crippen LogP contribution in [0.2, 0.25) is 10.0 Å². The third-order valence-corrected chi connectivity index (χ3v) is 9.52. The van der Waals surface area contributed by atoms with Gasteiger partial charge in [0.25, 0.3) is 0 Å². The molecule has 2 heterocycles. The van der Waals surface area contributed by atoms with Crippen LogP contribution in [0.25, 0.3) is 55.0 Å². The van der Waals surface area contributed by atoms with Crippen molar-refractivity contribution in [2.75, 3.05) is 11.1 Å². The number of furan rings is 2. The normalized spacial score (nSPS) is 13.2. The molecule has 1 aliphatic rings. The highest BCUT2D eigenvalue weighted by atomic mass is 35.5. The molecule has 0 fully saturated rings. The maximum atomic E-state index is 6.65. The molecular weight excluding hydrogens is 599 g/mol. The summed E-state index contributed by atoms with van der Waals surface area (Å²) in [6.07, 6.45) is 0. The third-order valence-electron chi connectivity index (χ3n) is 8.88. The van der Waals surface area contributed by atoms with E-state index in [4.69, 9.17) is 37.8 Å². The van der Waals surface area contributed by atoms with Gasteiger partial charge < -0.3 is 19.9 Å². The van der Waals surface area contributed by atoms with Gasteiger partial charge >= 0.3 is 0 Å². The third kappa shape index (κ3) is 4.36. The second-order valence-corrected chi connectivity index (χ2v) is 12.7. The number of benzene rings is 6. The minimum atomic E-state index is -0.0399. The number of rotatable bonds is 2. The summed E-state index contributed by atoms with van der Waals surface area (Å²) in [5.74, 6) is 0. The Morgan fingerprint density at radius 2 is 1.16 bits per heavy atom. The summed E-state index contributed by atoms with van der Waals surface area (Å²) in [4.78, 5) is 0. The Balaban J connectivity index is 0.000000168. The van der Waals surface area contributed by atoms with Gasteiger partial charge in [-0.3, -0.25) is 0 Å². The predicted molar refractivity (Wildman–Crippen MR) is 189 cm³/mol. The molecule has 2 aromatic heterocycles. The molecule has 1 aliphatic carbocycles. The van der Waals surface area contributed by atoms with Gasteiger partial charge in [0.2, 0.25) is 0 Å². The number of anilines is 3. The molecule has 0 saturated carbocycles. The van der Waals surface area contributed by atoms with Crippen molar-refractivity contribution in [1.82, 2.24) is 0 Å². The first-order valence-corrected chi connectivity index (χ1v) is 15.5. The Hall–Kier alpha value is -4.90. The Morgan fingerprint density at radius 1 is 0.578 bits per heavy atom. The number of para-hydroxylation sites is 2. The molecule has 9 rings (SSSR count). The first-order valence-electron chi connectivity index (χ1n) is 14.8. The van der Waals surface area contributed by atoms with Crippen molar-refractivity contribution in [3.05, 3.63) is 136 Å². The maximum absolute atomic E-state index is 6.65. The summed E-state index contributed by atoms with van der Waals surface area (Å²) in [5.41, 5.74) is 17.0. The van der Waals surface area contributed by atoms with Crippen LogP contribution >= 0.6 is 23.2 Å². The highest BCUT2D eigenvalue weighted by molar-refractivity contribution is 6.36. The highest BCUT2D eigenvalue weighted by Crippen LogP contribution is 2.50. The smallest absolute Gasteiger partial charge is 0.137 e. The van der Waals surface area contributed by atoms with Gasteiger partial charge in [0.15, 0.2) is 0 Å². The zero-order valence-corrected chi connectivity index (χ0v) is 26.1.